The number of anilines is 1. The number of aromatic nitrogens is 1. The smallest absolute Gasteiger partial charge is 0.153 e. The molecule has 80 valence electrons. The highest BCUT2D eigenvalue weighted by Gasteiger charge is 2.40. The molecule has 0 aliphatic carbocycles. The summed E-state index contributed by atoms with van der Waals surface area (Å²) in [6, 6.07) is 3.54. The molecule has 0 unspecified atom stereocenters. The minimum atomic E-state index is -0.0995. The number of carbonyl (C=O) groups excluding carboxylic acids is 1. The van der Waals surface area contributed by atoms with E-state index >= 15 is 0 Å². The van der Waals surface area contributed by atoms with E-state index in [-0.39, 0.29) is 5.60 Å². The minimum Gasteiger partial charge on any atom is -0.375 e. The minimum absolute atomic E-state index is 0.0995. The fourth-order valence-corrected chi connectivity index (χ4v) is 1.81. The van der Waals surface area contributed by atoms with Crippen molar-refractivity contribution in [1.82, 2.24) is 4.98 Å². The van der Waals surface area contributed by atoms with Crippen molar-refractivity contribution in [1.29, 1.82) is 0 Å². The summed E-state index contributed by atoms with van der Waals surface area (Å²) < 4.78 is 5.34. The van der Waals surface area contributed by atoms with Crippen LogP contribution in [0, 0.1) is 0 Å². The van der Waals surface area contributed by atoms with Crippen molar-refractivity contribution in [2.75, 3.05) is 25.1 Å². The van der Waals surface area contributed by atoms with Gasteiger partial charge in [0.2, 0.25) is 0 Å². The van der Waals surface area contributed by atoms with Crippen LogP contribution in [0.4, 0.5) is 5.82 Å². The third-order valence-electron chi connectivity index (χ3n) is 2.79. The van der Waals surface area contributed by atoms with E-state index in [1.54, 1.807) is 25.4 Å². The van der Waals surface area contributed by atoms with Crippen molar-refractivity contribution < 1.29 is 9.53 Å². The molecular formula is C11H14N2O2. The maximum atomic E-state index is 10.8. The van der Waals surface area contributed by atoms with Crippen molar-refractivity contribution in [3.8, 4) is 0 Å². The number of methoxy groups -OCH3 is 1. The summed E-state index contributed by atoms with van der Waals surface area (Å²) in [6.45, 7) is 3.61. The molecule has 0 amide bonds. The quantitative estimate of drug-likeness (QED) is 0.695. The Labute approximate surface area is 88.9 Å². The van der Waals surface area contributed by atoms with Crippen LogP contribution in [0.25, 0.3) is 0 Å². The first-order valence-electron chi connectivity index (χ1n) is 4.89. The van der Waals surface area contributed by atoms with Gasteiger partial charge in [0.05, 0.1) is 11.2 Å². The standard InChI is InChI=1S/C11H14N2O2/c1-11(15-2)7-13(8-11)10-9(6-14)4-3-5-12-10/h3-6H,7-8H2,1-2H3. The van der Waals surface area contributed by atoms with Gasteiger partial charge in [-0.2, -0.15) is 0 Å². The van der Waals surface area contributed by atoms with Crippen LogP contribution in [-0.4, -0.2) is 37.1 Å². The van der Waals surface area contributed by atoms with Crippen molar-refractivity contribution in [2.24, 2.45) is 0 Å². The summed E-state index contributed by atoms with van der Waals surface area (Å²) in [5.74, 6) is 0.752. The van der Waals surface area contributed by atoms with Crippen molar-refractivity contribution in [2.45, 2.75) is 12.5 Å². The number of hydrogen-bond donors (Lipinski definition) is 0. The molecule has 2 rings (SSSR count). The SMILES string of the molecule is COC1(C)CN(c2ncccc2C=O)C1. The van der Waals surface area contributed by atoms with Crippen molar-refractivity contribution >= 4 is 12.1 Å². The van der Waals surface area contributed by atoms with Crippen LogP contribution in [0.1, 0.15) is 17.3 Å². The number of hydrogen-bond acceptors (Lipinski definition) is 4. The molecule has 1 aromatic heterocycles. The van der Waals surface area contributed by atoms with E-state index in [4.69, 9.17) is 4.74 Å². The van der Waals surface area contributed by atoms with Gasteiger partial charge in [-0.25, -0.2) is 4.98 Å². The second-order valence-corrected chi connectivity index (χ2v) is 4.04. The molecular weight excluding hydrogens is 192 g/mol. The zero-order chi connectivity index (χ0) is 10.9. The zero-order valence-electron chi connectivity index (χ0n) is 8.93. The van der Waals surface area contributed by atoms with Crippen LogP contribution in [-0.2, 0) is 4.74 Å². The van der Waals surface area contributed by atoms with Crippen LogP contribution in [0.2, 0.25) is 0 Å². The number of rotatable bonds is 3. The van der Waals surface area contributed by atoms with Gasteiger partial charge in [0.1, 0.15) is 5.82 Å². The van der Waals surface area contributed by atoms with Crippen molar-refractivity contribution in [3.63, 3.8) is 0 Å². The predicted molar refractivity (Wildman–Crippen MR) is 57.3 cm³/mol. The maximum absolute atomic E-state index is 10.8. The molecule has 2 heterocycles. The van der Waals surface area contributed by atoms with Gasteiger partial charge < -0.3 is 9.64 Å². The van der Waals surface area contributed by atoms with Crippen LogP contribution < -0.4 is 4.90 Å². The normalized spacial score (nSPS) is 18.4. The summed E-state index contributed by atoms with van der Waals surface area (Å²) in [4.78, 5) is 17.1. The van der Waals surface area contributed by atoms with Gasteiger partial charge >= 0.3 is 0 Å². The van der Waals surface area contributed by atoms with E-state index in [1.807, 2.05) is 11.8 Å². The van der Waals surface area contributed by atoms with Crippen LogP contribution in [0.15, 0.2) is 18.3 Å². The molecule has 15 heavy (non-hydrogen) atoms. The fraction of sp³-hybridized carbons (Fsp3) is 0.455. The summed E-state index contributed by atoms with van der Waals surface area (Å²) in [6.07, 6.45) is 2.54. The first kappa shape index (κ1) is 10.1. The van der Waals surface area contributed by atoms with Crippen LogP contribution >= 0.6 is 0 Å². The number of aldehydes is 1. The number of nitrogens with zero attached hydrogens (tertiary/aromatic N) is 2. The van der Waals surface area contributed by atoms with Gasteiger partial charge in [-0.3, -0.25) is 4.79 Å². The summed E-state index contributed by atoms with van der Waals surface area (Å²) in [5, 5.41) is 0. The summed E-state index contributed by atoms with van der Waals surface area (Å²) >= 11 is 0. The summed E-state index contributed by atoms with van der Waals surface area (Å²) in [7, 11) is 1.70. The molecule has 4 heteroatoms. The van der Waals surface area contributed by atoms with Gasteiger partial charge in [-0.05, 0) is 19.1 Å². The first-order chi connectivity index (χ1) is 7.18. The summed E-state index contributed by atoms with van der Waals surface area (Å²) in [5.41, 5.74) is 0.535. The first-order valence-corrected chi connectivity index (χ1v) is 4.89. The van der Waals surface area contributed by atoms with E-state index in [0.29, 0.717) is 5.56 Å². The maximum Gasteiger partial charge on any atom is 0.153 e. The molecule has 1 aliphatic rings. The van der Waals surface area contributed by atoms with E-state index < -0.39 is 0 Å². The van der Waals surface area contributed by atoms with Gasteiger partial charge in [-0.15, -0.1) is 0 Å². The van der Waals surface area contributed by atoms with E-state index in [9.17, 15) is 4.79 Å². The molecule has 0 aromatic carbocycles. The third kappa shape index (κ3) is 1.72. The lowest BCUT2D eigenvalue weighted by Crippen LogP contribution is -2.61. The molecule has 1 saturated heterocycles. The molecule has 0 bridgehead atoms. The predicted octanol–water partition coefficient (Wildman–Crippen LogP) is 1.12. The number of ether oxygens (including phenoxy) is 1. The molecule has 1 aliphatic heterocycles. The Morgan fingerprint density at radius 1 is 1.60 bits per heavy atom. The second kappa shape index (κ2) is 3.62. The Kier molecular flexibility index (Phi) is 2.44. The monoisotopic (exact) mass is 206 g/mol. The molecule has 1 fully saturated rings. The Hall–Kier alpha value is -1.42. The fourth-order valence-electron chi connectivity index (χ4n) is 1.81. The molecule has 0 atom stereocenters. The lowest BCUT2D eigenvalue weighted by atomic mass is 9.96. The molecule has 0 saturated carbocycles. The van der Waals surface area contributed by atoms with E-state index in [0.717, 1.165) is 25.2 Å². The second-order valence-electron chi connectivity index (χ2n) is 4.04. The third-order valence-corrected chi connectivity index (χ3v) is 2.79. The highest BCUT2D eigenvalue weighted by molar-refractivity contribution is 5.83. The Morgan fingerprint density at radius 3 is 2.93 bits per heavy atom. The van der Waals surface area contributed by atoms with Crippen LogP contribution in [0.3, 0.4) is 0 Å². The number of pyridine rings is 1. The average molecular weight is 206 g/mol. The highest BCUT2D eigenvalue weighted by Crippen LogP contribution is 2.29. The topological polar surface area (TPSA) is 42.4 Å². The van der Waals surface area contributed by atoms with Gasteiger partial charge in [0.25, 0.3) is 0 Å². The Morgan fingerprint density at radius 2 is 2.33 bits per heavy atom. The average Bonchev–Trinajstić information content (AvgIpc) is 2.25. The van der Waals surface area contributed by atoms with E-state index in [1.165, 1.54) is 0 Å². The molecule has 0 spiro atoms. The highest BCUT2D eigenvalue weighted by atomic mass is 16.5. The molecule has 0 radical (unpaired) electrons. The largest absolute Gasteiger partial charge is 0.375 e. The number of carbonyl (C=O) groups is 1. The lowest BCUT2D eigenvalue weighted by molar-refractivity contribution is -0.0172. The van der Waals surface area contributed by atoms with Crippen LogP contribution in [0.5, 0.6) is 0 Å². The zero-order valence-corrected chi connectivity index (χ0v) is 8.93. The Bertz CT molecular complexity index is 373. The molecule has 1 aromatic rings. The molecule has 0 N–H and O–H groups in total. The lowest BCUT2D eigenvalue weighted by Gasteiger charge is -2.47. The van der Waals surface area contributed by atoms with Gasteiger partial charge in [-0.1, -0.05) is 0 Å². The van der Waals surface area contributed by atoms with E-state index in [2.05, 4.69) is 4.98 Å². The van der Waals surface area contributed by atoms with Gasteiger partial charge in [0.15, 0.2) is 6.29 Å². The Balaban J connectivity index is 2.16. The molecule has 4 nitrogen and oxygen atoms in total. The van der Waals surface area contributed by atoms with Gasteiger partial charge in [0, 0.05) is 26.4 Å². The van der Waals surface area contributed by atoms with Crippen molar-refractivity contribution in [3.05, 3.63) is 23.9 Å².